The summed E-state index contributed by atoms with van der Waals surface area (Å²) in [6.45, 7) is 0. The van der Waals surface area contributed by atoms with Gasteiger partial charge in [0.2, 0.25) is 0 Å². The van der Waals surface area contributed by atoms with Gasteiger partial charge in [0.1, 0.15) is 0 Å². The van der Waals surface area contributed by atoms with Crippen molar-refractivity contribution in [3.8, 4) is 33.4 Å². The first-order valence-electron chi connectivity index (χ1n) is 25.8. The maximum Gasteiger partial charge on any atom is 0.0727 e. The fourth-order valence-electron chi connectivity index (χ4n) is 13.6. The molecular weight excluding hydrogens is 893 g/mol. The van der Waals surface area contributed by atoms with Gasteiger partial charge in [0.05, 0.1) is 27.9 Å². The van der Waals surface area contributed by atoms with E-state index in [2.05, 4.69) is 301 Å². The molecule has 0 N–H and O–H groups in total. The lowest BCUT2D eigenvalue weighted by Gasteiger charge is -2.35. The Morgan fingerprint density at radius 2 is 0.608 bits per heavy atom. The standard InChI is InChI=1S/C72H48N2/c1-6-27-50(28-7-1)71(51-29-8-2-9-30-51)59-41-21-18-38-56(59)67-62(71)44-24-47-66(67)74(54-35-14-5-15-36-54)70-55-37-17-16-26-49(55)48-64-69(70)58-40-20-23-43-61(58)72(64)60-42-22-19-39-57(60)68-63(72)45-25-46-65(68)73(52-31-10-3-11-32-52)53-33-12-4-13-34-53/h1-48H. The van der Waals surface area contributed by atoms with Gasteiger partial charge in [0.25, 0.3) is 0 Å². The van der Waals surface area contributed by atoms with Crippen LogP contribution in [0.1, 0.15) is 44.5 Å². The molecule has 0 heterocycles. The van der Waals surface area contributed by atoms with E-state index in [-0.39, 0.29) is 0 Å². The first-order valence-corrected chi connectivity index (χ1v) is 25.8. The summed E-state index contributed by atoms with van der Waals surface area (Å²) in [5.74, 6) is 0. The molecule has 0 saturated heterocycles. The lowest BCUT2D eigenvalue weighted by Crippen LogP contribution is -2.28. The van der Waals surface area contributed by atoms with Crippen LogP contribution in [0.4, 0.5) is 34.1 Å². The average molecular weight is 941 g/mol. The van der Waals surface area contributed by atoms with Crippen LogP contribution in [0.5, 0.6) is 0 Å². The molecule has 0 aliphatic heterocycles. The lowest BCUT2D eigenvalue weighted by molar-refractivity contribution is 0.768. The zero-order chi connectivity index (χ0) is 48.8. The van der Waals surface area contributed by atoms with E-state index >= 15 is 0 Å². The van der Waals surface area contributed by atoms with Gasteiger partial charge >= 0.3 is 0 Å². The maximum absolute atomic E-state index is 2.61. The summed E-state index contributed by atoms with van der Waals surface area (Å²) in [5, 5.41) is 2.39. The van der Waals surface area contributed by atoms with Crippen molar-refractivity contribution >= 4 is 44.9 Å². The Bertz CT molecular complexity index is 4050. The smallest absolute Gasteiger partial charge is 0.0727 e. The predicted molar refractivity (Wildman–Crippen MR) is 307 cm³/mol. The average Bonchev–Trinajstić information content (AvgIpc) is 4.22. The fourth-order valence-corrected chi connectivity index (χ4v) is 13.6. The van der Waals surface area contributed by atoms with E-state index in [0.29, 0.717) is 0 Å². The van der Waals surface area contributed by atoms with Crippen molar-refractivity contribution in [2.45, 2.75) is 10.8 Å². The number of fused-ring (bicyclic) bond motifs is 14. The van der Waals surface area contributed by atoms with Crippen LogP contribution in [0.15, 0.2) is 291 Å². The van der Waals surface area contributed by atoms with Crippen molar-refractivity contribution in [2.75, 3.05) is 9.80 Å². The van der Waals surface area contributed by atoms with E-state index in [0.717, 1.165) is 28.4 Å². The van der Waals surface area contributed by atoms with Gasteiger partial charge in [-0.15, -0.1) is 0 Å². The van der Waals surface area contributed by atoms with Gasteiger partial charge in [-0.3, -0.25) is 0 Å². The summed E-state index contributed by atoms with van der Waals surface area (Å²) >= 11 is 0. The van der Waals surface area contributed by atoms with E-state index < -0.39 is 10.8 Å². The molecule has 1 spiro atoms. The SMILES string of the molecule is c1ccc(N(c2ccccc2)c2cccc3c2-c2ccccc2C32c3ccccc3-c3c2cc2ccccc2c3N(c2ccccc2)c2cccc3c2-c2ccccc2C3(c2ccccc2)c2ccccc2)cc1. The molecule has 1 unspecified atom stereocenters. The summed E-state index contributed by atoms with van der Waals surface area (Å²) < 4.78 is 0. The molecule has 0 fully saturated rings. The van der Waals surface area contributed by atoms with Crippen LogP contribution in [-0.2, 0) is 10.8 Å². The Balaban J connectivity index is 1.07. The molecule has 1 atom stereocenters. The van der Waals surface area contributed by atoms with Crippen LogP contribution in [0.25, 0.3) is 44.2 Å². The molecule has 0 saturated carbocycles. The molecular formula is C72H48N2. The number of hydrogen-bond acceptors (Lipinski definition) is 2. The fraction of sp³-hybridized carbons (Fsp3) is 0.0278. The van der Waals surface area contributed by atoms with Crippen LogP contribution in [-0.4, -0.2) is 0 Å². The molecule has 0 bridgehead atoms. The third-order valence-electron chi connectivity index (χ3n) is 16.3. The second kappa shape index (κ2) is 16.5. The van der Waals surface area contributed by atoms with Crippen LogP contribution >= 0.6 is 0 Å². The highest BCUT2D eigenvalue weighted by Gasteiger charge is 2.54. The molecule has 0 aromatic heterocycles. The van der Waals surface area contributed by atoms with Crippen LogP contribution < -0.4 is 9.80 Å². The first kappa shape index (κ1) is 42.2. The molecule has 2 heteroatoms. The third-order valence-corrected chi connectivity index (χ3v) is 16.3. The highest BCUT2D eigenvalue weighted by molar-refractivity contribution is 6.14. The summed E-state index contributed by atoms with van der Waals surface area (Å²) in [4.78, 5) is 5.06. The summed E-state index contributed by atoms with van der Waals surface area (Å²) in [6.07, 6.45) is 0. The summed E-state index contributed by atoms with van der Waals surface area (Å²) in [6, 6.07) is 108. The molecule has 3 aliphatic rings. The Hall–Kier alpha value is -9.50. The number of hydrogen-bond donors (Lipinski definition) is 0. The van der Waals surface area contributed by atoms with Crippen molar-refractivity contribution in [1.29, 1.82) is 0 Å². The number of para-hydroxylation sites is 3. The monoisotopic (exact) mass is 940 g/mol. The van der Waals surface area contributed by atoms with Crippen molar-refractivity contribution in [1.82, 2.24) is 0 Å². The van der Waals surface area contributed by atoms with Crippen LogP contribution in [0, 0.1) is 0 Å². The maximum atomic E-state index is 2.61. The number of benzene rings is 12. The topological polar surface area (TPSA) is 6.48 Å². The van der Waals surface area contributed by atoms with Gasteiger partial charge in [0.15, 0.2) is 0 Å². The minimum atomic E-state index is -0.644. The van der Waals surface area contributed by atoms with Gasteiger partial charge in [-0.25, -0.2) is 0 Å². The molecule has 12 aromatic carbocycles. The minimum Gasteiger partial charge on any atom is -0.310 e. The second-order valence-corrected chi connectivity index (χ2v) is 19.8. The Kier molecular flexibility index (Phi) is 9.43. The van der Waals surface area contributed by atoms with Crippen molar-refractivity contribution in [2.24, 2.45) is 0 Å². The molecule has 0 radical (unpaired) electrons. The van der Waals surface area contributed by atoms with Gasteiger partial charge < -0.3 is 9.80 Å². The van der Waals surface area contributed by atoms with Crippen molar-refractivity contribution < 1.29 is 0 Å². The highest BCUT2D eigenvalue weighted by atomic mass is 15.2. The Labute approximate surface area is 432 Å². The third kappa shape index (κ3) is 5.76. The predicted octanol–water partition coefficient (Wildman–Crippen LogP) is 18.5. The lowest BCUT2D eigenvalue weighted by atomic mass is 9.68. The molecule has 12 aromatic rings. The zero-order valence-electron chi connectivity index (χ0n) is 40.6. The number of nitrogens with zero attached hydrogens (tertiary/aromatic N) is 2. The van der Waals surface area contributed by atoms with E-state index in [1.165, 1.54) is 94.3 Å². The summed E-state index contributed by atoms with van der Waals surface area (Å²) in [7, 11) is 0. The molecule has 2 nitrogen and oxygen atoms in total. The van der Waals surface area contributed by atoms with E-state index in [1.54, 1.807) is 0 Å². The van der Waals surface area contributed by atoms with Gasteiger partial charge in [0, 0.05) is 39.1 Å². The number of anilines is 6. The van der Waals surface area contributed by atoms with Crippen molar-refractivity contribution in [3.63, 3.8) is 0 Å². The molecule has 3 aliphatic carbocycles. The number of rotatable bonds is 8. The quantitative estimate of drug-likeness (QED) is 0.150. The largest absolute Gasteiger partial charge is 0.310 e. The Morgan fingerprint density at radius 3 is 1.12 bits per heavy atom. The first-order chi connectivity index (χ1) is 36.8. The normalized spacial score (nSPS) is 14.9. The van der Waals surface area contributed by atoms with E-state index in [9.17, 15) is 0 Å². The van der Waals surface area contributed by atoms with Gasteiger partial charge in [-0.05, 0) is 121 Å². The van der Waals surface area contributed by atoms with Gasteiger partial charge in [-0.2, -0.15) is 0 Å². The molecule has 0 amide bonds. The minimum absolute atomic E-state index is 0.563. The van der Waals surface area contributed by atoms with E-state index in [4.69, 9.17) is 0 Å². The van der Waals surface area contributed by atoms with Crippen LogP contribution in [0.2, 0.25) is 0 Å². The molecule has 15 rings (SSSR count). The summed E-state index contributed by atoms with van der Waals surface area (Å²) in [5.41, 5.74) is 23.3. The zero-order valence-corrected chi connectivity index (χ0v) is 40.6. The van der Waals surface area contributed by atoms with Crippen LogP contribution in [0.3, 0.4) is 0 Å². The van der Waals surface area contributed by atoms with E-state index in [1.807, 2.05) is 0 Å². The highest BCUT2D eigenvalue weighted by Crippen LogP contribution is 2.68. The van der Waals surface area contributed by atoms with Crippen molar-refractivity contribution in [3.05, 3.63) is 336 Å². The molecule has 74 heavy (non-hydrogen) atoms. The molecule has 346 valence electrons. The van der Waals surface area contributed by atoms with Gasteiger partial charge in [-0.1, -0.05) is 237 Å². The second-order valence-electron chi connectivity index (χ2n) is 19.8. The Morgan fingerprint density at radius 1 is 0.243 bits per heavy atom.